The van der Waals surface area contributed by atoms with E-state index in [0.717, 1.165) is 28.7 Å². The van der Waals surface area contributed by atoms with E-state index in [9.17, 15) is 14.7 Å². The molecule has 0 fully saturated rings. The topological polar surface area (TPSA) is 88.0 Å². The van der Waals surface area contributed by atoms with E-state index >= 15 is 0 Å². The van der Waals surface area contributed by atoms with Gasteiger partial charge < -0.3 is 9.84 Å². The Morgan fingerprint density at radius 3 is 1.74 bits per heavy atom. The lowest BCUT2D eigenvalue weighted by Crippen LogP contribution is -2.16. The van der Waals surface area contributed by atoms with Crippen molar-refractivity contribution in [1.82, 2.24) is 0 Å². The second kappa shape index (κ2) is 10.8. The minimum absolute atomic E-state index is 0.241. The summed E-state index contributed by atoms with van der Waals surface area (Å²) >= 11 is 0. The molecule has 1 amide bonds. The highest BCUT2D eigenvalue weighted by molar-refractivity contribution is 5.86. The molecule has 4 aromatic carbocycles. The van der Waals surface area contributed by atoms with Crippen LogP contribution in [0.15, 0.2) is 102 Å². The molecule has 0 saturated heterocycles. The van der Waals surface area contributed by atoms with Crippen LogP contribution in [0.2, 0.25) is 0 Å². The van der Waals surface area contributed by atoms with Crippen LogP contribution in [0.1, 0.15) is 22.3 Å². The normalized spacial score (nSPS) is 10.2. The van der Waals surface area contributed by atoms with Crippen molar-refractivity contribution < 1.29 is 19.4 Å². The Hall–Kier alpha value is -4.67. The summed E-state index contributed by atoms with van der Waals surface area (Å²) in [6.07, 6.45) is 2.39. The maximum atomic E-state index is 12.3. The molecule has 6 heteroatoms. The van der Waals surface area contributed by atoms with Crippen molar-refractivity contribution in [2.45, 2.75) is 12.8 Å². The van der Waals surface area contributed by atoms with Crippen LogP contribution in [0.5, 0.6) is 11.5 Å². The second-order valence-electron chi connectivity index (χ2n) is 7.74. The number of anilines is 1. The van der Waals surface area contributed by atoms with Gasteiger partial charge in [-0.1, -0.05) is 48.5 Å². The van der Waals surface area contributed by atoms with E-state index < -0.39 is 6.09 Å². The molecule has 4 aromatic rings. The van der Waals surface area contributed by atoms with Crippen LogP contribution in [0, 0.1) is 0 Å². The van der Waals surface area contributed by atoms with Gasteiger partial charge >= 0.3 is 6.09 Å². The monoisotopic (exact) mass is 450 g/mol. The van der Waals surface area contributed by atoms with Crippen LogP contribution >= 0.6 is 0 Å². The molecule has 0 saturated carbocycles. The number of phenolic OH excluding ortho intramolecular Hbond substituents is 1. The highest BCUT2D eigenvalue weighted by Gasteiger charge is 2.06. The lowest BCUT2D eigenvalue weighted by molar-refractivity contribution is 0.215. The van der Waals surface area contributed by atoms with Gasteiger partial charge in [0.25, 0.3) is 0 Å². The van der Waals surface area contributed by atoms with E-state index in [1.54, 1.807) is 36.4 Å². The highest BCUT2D eigenvalue weighted by atomic mass is 16.6. The number of isocyanates is 1. The Kier molecular flexibility index (Phi) is 7.13. The molecule has 0 bridgehead atoms. The minimum Gasteiger partial charge on any atom is -0.508 e. The molecule has 0 aliphatic carbocycles. The summed E-state index contributed by atoms with van der Waals surface area (Å²) in [5, 5.41) is 12.1. The highest BCUT2D eigenvalue weighted by Crippen LogP contribution is 2.19. The molecule has 6 nitrogen and oxygen atoms in total. The molecule has 0 heterocycles. The molecular weight excluding hydrogens is 428 g/mol. The predicted molar refractivity (Wildman–Crippen MR) is 130 cm³/mol. The van der Waals surface area contributed by atoms with Crippen molar-refractivity contribution in [3.05, 3.63) is 119 Å². The Morgan fingerprint density at radius 2 is 1.21 bits per heavy atom. The van der Waals surface area contributed by atoms with Gasteiger partial charge in [0.05, 0.1) is 5.69 Å². The van der Waals surface area contributed by atoms with Crippen molar-refractivity contribution >= 4 is 23.5 Å². The van der Waals surface area contributed by atoms with E-state index in [1.165, 1.54) is 6.08 Å². The molecule has 168 valence electrons. The number of nitrogens with zero attached hydrogens (tertiary/aromatic N) is 1. The van der Waals surface area contributed by atoms with Crippen LogP contribution in [-0.4, -0.2) is 17.3 Å². The van der Waals surface area contributed by atoms with Crippen molar-refractivity contribution in [3.8, 4) is 11.5 Å². The SMILES string of the molecule is O=C=Nc1ccc(Cc2ccc(NC(=O)Oc3ccc(Cc4ccc(O)cc4)cc3)cc2)cc1. The second-order valence-corrected chi connectivity index (χ2v) is 7.74. The predicted octanol–water partition coefficient (Wildman–Crippen LogP) is 6.15. The summed E-state index contributed by atoms with van der Waals surface area (Å²) in [5.41, 5.74) is 5.52. The number of nitrogens with one attached hydrogen (secondary N) is 1. The molecule has 4 rings (SSSR count). The van der Waals surface area contributed by atoms with Crippen molar-refractivity contribution in [1.29, 1.82) is 0 Å². The first kappa shape index (κ1) is 22.5. The summed E-state index contributed by atoms with van der Waals surface area (Å²) in [6.45, 7) is 0. The first-order valence-corrected chi connectivity index (χ1v) is 10.7. The average Bonchev–Trinajstić information content (AvgIpc) is 2.84. The maximum absolute atomic E-state index is 12.3. The van der Waals surface area contributed by atoms with Gasteiger partial charge in [0.1, 0.15) is 11.5 Å². The van der Waals surface area contributed by atoms with Crippen LogP contribution in [0.3, 0.4) is 0 Å². The Bertz CT molecular complexity index is 1290. The number of ether oxygens (including phenoxy) is 1. The largest absolute Gasteiger partial charge is 0.508 e. The van der Waals surface area contributed by atoms with E-state index in [1.807, 2.05) is 60.7 Å². The standard InChI is InChI=1S/C28H22N2O4/c31-19-29-24-9-1-20(2-10-24)17-21-3-11-25(12-4-21)30-28(33)34-27-15-7-23(8-16-27)18-22-5-13-26(32)14-6-22/h1-16,32H,17-18H2,(H,30,33). The average molecular weight is 450 g/mol. The zero-order valence-corrected chi connectivity index (χ0v) is 18.3. The Labute approximate surface area is 197 Å². The number of hydrogen-bond donors (Lipinski definition) is 2. The summed E-state index contributed by atoms with van der Waals surface area (Å²) in [6, 6.07) is 29.3. The Morgan fingerprint density at radius 1 is 0.735 bits per heavy atom. The van der Waals surface area contributed by atoms with Gasteiger partial charge in [-0.3, -0.25) is 5.32 Å². The fraction of sp³-hybridized carbons (Fsp3) is 0.0714. The number of carbonyl (C=O) groups is 1. The first-order chi connectivity index (χ1) is 16.6. The number of hydrogen-bond acceptors (Lipinski definition) is 5. The van der Waals surface area contributed by atoms with Crippen LogP contribution < -0.4 is 10.1 Å². The van der Waals surface area contributed by atoms with E-state index in [-0.39, 0.29) is 5.75 Å². The van der Waals surface area contributed by atoms with Crippen LogP contribution in [0.25, 0.3) is 0 Å². The molecule has 2 N–H and O–H groups in total. The fourth-order valence-electron chi connectivity index (χ4n) is 3.46. The Balaban J connectivity index is 1.28. The van der Waals surface area contributed by atoms with Crippen molar-refractivity contribution in [2.24, 2.45) is 4.99 Å². The lowest BCUT2D eigenvalue weighted by Gasteiger charge is -2.09. The molecule has 0 spiro atoms. The maximum Gasteiger partial charge on any atom is 0.417 e. The van der Waals surface area contributed by atoms with Crippen LogP contribution in [-0.2, 0) is 17.6 Å². The van der Waals surface area contributed by atoms with Gasteiger partial charge in [-0.15, -0.1) is 0 Å². The zero-order chi connectivity index (χ0) is 23.8. The van der Waals surface area contributed by atoms with Gasteiger partial charge in [0.15, 0.2) is 0 Å². The van der Waals surface area contributed by atoms with E-state index in [0.29, 0.717) is 23.5 Å². The number of carbonyl (C=O) groups excluding carboxylic acids is 2. The summed E-state index contributed by atoms with van der Waals surface area (Å²) in [7, 11) is 0. The minimum atomic E-state index is -0.564. The molecule has 0 atom stereocenters. The molecule has 0 unspecified atom stereocenters. The summed E-state index contributed by atoms with van der Waals surface area (Å²) < 4.78 is 5.38. The van der Waals surface area contributed by atoms with Gasteiger partial charge in [0, 0.05) is 5.69 Å². The molecule has 0 aliphatic heterocycles. The third kappa shape index (κ3) is 6.42. The van der Waals surface area contributed by atoms with Crippen LogP contribution in [0.4, 0.5) is 16.2 Å². The molecule has 0 aliphatic rings. The van der Waals surface area contributed by atoms with E-state index in [4.69, 9.17) is 4.74 Å². The fourth-order valence-corrected chi connectivity index (χ4v) is 3.46. The number of phenols is 1. The zero-order valence-electron chi connectivity index (χ0n) is 18.3. The molecular formula is C28H22N2O4. The number of amides is 1. The van der Waals surface area contributed by atoms with Gasteiger partial charge in [-0.2, -0.15) is 4.99 Å². The van der Waals surface area contributed by atoms with Gasteiger partial charge in [0.2, 0.25) is 6.08 Å². The number of rotatable bonds is 7. The van der Waals surface area contributed by atoms with Gasteiger partial charge in [-0.05, 0) is 83.6 Å². The molecule has 34 heavy (non-hydrogen) atoms. The number of aromatic hydroxyl groups is 1. The smallest absolute Gasteiger partial charge is 0.417 e. The summed E-state index contributed by atoms with van der Waals surface area (Å²) in [4.78, 5) is 26.1. The third-order valence-corrected chi connectivity index (χ3v) is 5.20. The van der Waals surface area contributed by atoms with E-state index in [2.05, 4.69) is 10.3 Å². The number of benzene rings is 4. The van der Waals surface area contributed by atoms with Crippen molar-refractivity contribution in [3.63, 3.8) is 0 Å². The third-order valence-electron chi connectivity index (χ3n) is 5.20. The summed E-state index contributed by atoms with van der Waals surface area (Å²) in [5.74, 6) is 0.691. The molecule has 0 radical (unpaired) electrons. The van der Waals surface area contributed by atoms with Crippen molar-refractivity contribution in [2.75, 3.05) is 5.32 Å². The van der Waals surface area contributed by atoms with Gasteiger partial charge in [-0.25, -0.2) is 9.59 Å². The lowest BCUT2D eigenvalue weighted by atomic mass is 10.0. The number of aliphatic imine (C=N–C) groups is 1. The first-order valence-electron chi connectivity index (χ1n) is 10.7. The quantitative estimate of drug-likeness (QED) is 0.261. The molecule has 0 aromatic heterocycles.